The second kappa shape index (κ2) is 16.0. The molecule has 0 nitrogen and oxygen atoms in total. The molecule has 5 aromatic carbocycles. The molecule has 196 valence electrons. The summed E-state index contributed by atoms with van der Waals surface area (Å²) < 4.78 is 0. The molecule has 0 bridgehead atoms. The van der Waals surface area contributed by atoms with Gasteiger partial charge in [0.05, 0.1) is 0 Å². The van der Waals surface area contributed by atoms with Gasteiger partial charge in [-0.25, -0.2) is 0 Å². The highest BCUT2D eigenvalue weighted by Crippen LogP contribution is 2.19. The molecule has 0 aliphatic heterocycles. The SMILES string of the molecule is Cc1ccc(-c2ccc(C)cc2)cc1.Cc1ccc(C)cc1.Cc1cccc(C)c1.Cc1ccccc1C. The van der Waals surface area contributed by atoms with Gasteiger partial charge in [0.15, 0.2) is 0 Å². The summed E-state index contributed by atoms with van der Waals surface area (Å²) in [6.45, 7) is 16.9. The van der Waals surface area contributed by atoms with Crippen molar-refractivity contribution in [3.8, 4) is 11.1 Å². The van der Waals surface area contributed by atoms with Gasteiger partial charge in [0, 0.05) is 0 Å². The molecule has 5 rings (SSSR count). The van der Waals surface area contributed by atoms with Gasteiger partial charge < -0.3 is 0 Å². The van der Waals surface area contributed by atoms with Crippen molar-refractivity contribution in [3.05, 3.63) is 166 Å². The summed E-state index contributed by atoms with van der Waals surface area (Å²) in [4.78, 5) is 0. The predicted octanol–water partition coefficient (Wildman–Crippen LogP) is 10.9. The Balaban J connectivity index is 0.000000185. The summed E-state index contributed by atoms with van der Waals surface area (Å²) in [5.41, 5.74) is 13.3. The second-order valence-corrected chi connectivity index (χ2v) is 10.1. The van der Waals surface area contributed by atoms with Crippen LogP contribution in [-0.2, 0) is 0 Å². The van der Waals surface area contributed by atoms with Gasteiger partial charge in [0.25, 0.3) is 0 Å². The van der Waals surface area contributed by atoms with Gasteiger partial charge in [-0.3, -0.25) is 0 Å². The molecule has 0 fully saturated rings. The molecule has 0 heterocycles. The average Bonchev–Trinajstić information content (AvgIpc) is 2.90. The fourth-order valence-electron chi connectivity index (χ4n) is 3.60. The van der Waals surface area contributed by atoms with E-state index in [0.717, 1.165) is 0 Å². The first-order valence-electron chi connectivity index (χ1n) is 13.4. The third kappa shape index (κ3) is 11.9. The molecule has 0 aliphatic carbocycles. The average molecular weight is 501 g/mol. The van der Waals surface area contributed by atoms with Crippen molar-refractivity contribution in [2.75, 3.05) is 0 Å². The van der Waals surface area contributed by atoms with Gasteiger partial charge in [-0.15, -0.1) is 0 Å². The van der Waals surface area contributed by atoms with E-state index in [1.54, 1.807) is 0 Å². The van der Waals surface area contributed by atoms with E-state index in [4.69, 9.17) is 0 Å². The molecule has 0 atom stereocenters. The van der Waals surface area contributed by atoms with Crippen LogP contribution in [0.15, 0.2) is 121 Å². The second-order valence-electron chi connectivity index (χ2n) is 10.1. The number of benzene rings is 5. The Hall–Kier alpha value is -3.90. The van der Waals surface area contributed by atoms with Gasteiger partial charge in [-0.2, -0.15) is 0 Å². The van der Waals surface area contributed by atoms with E-state index in [0.29, 0.717) is 0 Å². The Morgan fingerprint density at radius 1 is 0.263 bits per heavy atom. The van der Waals surface area contributed by atoms with Crippen LogP contribution < -0.4 is 0 Å². The van der Waals surface area contributed by atoms with Crippen molar-refractivity contribution in [2.24, 2.45) is 0 Å². The van der Waals surface area contributed by atoms with Crippen LogP contribution in [0.5, 0.6) is 0 Å². The topological polar surface area (TPSA) is 0 Å². The summed E-state index contributed by atoms with van der Waals surface area (Å²) in [6.07, 6.45) is 0. The van der Waals surface area contributed by atoms with Crippen LogP contribution in [0.4, 0.5) is 0 Å². The van der Waals surface area contributed by atoms with E-state index >= 15 is 0 Å². The summed E-state index contributed by atoms with van der Waals surface area (Å²) in [5.74, 6) is 0. The number of hydrogen-bond donors (Lipinski definition) is 0. The van der Waals surface area contributed by atoms with Gasteiger partial charge >= 0.3 is 0 Å². The molecule has 0 saturated heterocycles. The maximum Gasteiger partial charge on any atom is -0.0184 e. The Bertz CT molecular complexity index is 1240. The molecule has 0 spiro atoms. The lowest BCUT2D eigenvalue weighted by atomic mass is 10.0. The summed E-state index contributed by atoms with van der Waals surface area (Å²) in [7, 11) is 0. The maximum atomic E-state index is 2.17. The van der Waals surface area contributed by atoms with Crippen molar-refractivity contribution in [1.82, 2.24) is 0 Å². The smallest absolute Gasteiger partial charge is 0.0184 e. The molecule has 0 unspecified atom stereocenters. The van der Waals surface area contributed by atoms with Crippen LogP contribution in [0.1, 0.15) is 44.5 Å². The van der Waals surface area contributed by atoms with Crippen LogP contribution in [0.25, 0.3) is 11.1 Å². The molecule has 5 aromatic rings. The summed E-state index contributed by atoms with van der Waals surface area (Å²) in [6, 6.07) is 42.5. The number of aryl methyl sites for hydroxylation is 8. The van der Waals surface area contributed by atoms with Crippen molar-refractivity contribution in [3.63, 3.8) is 0 Å². The Morgan fingerprint density at radius 3 is 0.789 bits per heavy atom. The number of rotatable bonds is 1. The molecular formula is C38H44. The first kappa shape index (κ1) is 30.3. The Labute approximate surface area is 232 Å². The first-order chi connectivity index (χ1) is 18.1. The van der Waals surface area contributed by atoms with Crippen LogP contribution in [-0.4, -0.2) is 0 Å². The monoisotopic (exact) mass is 500 g/mol. The molecule has 0 radical (unpaired) electrons. The highest BCUT2D eigenvalue weighted by atomic mass is 14.0. The molecule has 0 aromatic heterocycles. The Kier molecular flexibility index (Phi) is 12.8. The van der Waals surface area contributed by atoms with Crippen molar-refractivity contribution in [2.45, 2.75) is 55.4 Å². The molecule has 0 heteroatoms. The minimum atomic E-state index is 1.29. The van der Waals surface area contributed by atoms with Crippen LogP contribution in [0.2, 0.25) is 0 Å². The van der Waals surface area contributed by atoms with Crippen LogP contribution in [0, 0.1) is 55.4 Å². The van der Waals surface area contributed by atoms with E-state index in [-0.39, 0.29) is 0 Å². The fraction of sp³-hybridized carbons (Fsp3) is 0.211. The van der Waals surface area contributed by atoms with E-state index in [1.165, 1.54) is 55.6 Å². The van der Waals surface area contributed by atoms with Crippen LogP contribution in [0.3, 0.4) is 0 Å². The zero-order chi connectivity index (χ0) is 27.9. The van der Waals surface area contributed by atoms with Crippen molar-refractivity contribution < 1.29 is 0 Å². The zero-order valence-corrected chi connectivity index (χ0v) is 24.5. The molecular weight excluding hydrogens is 456 g/mol. The lowest BCUT2D eigenvalue weighted by Gasteiger charge is -2.02. The highest BCUT2D eigenvalue weighted by molar-refractivity contribution is 5.63. The summed E-state index contributed by atoms with van der Waals surface area (Å²) in [5, 5.41) is 0. The standard InChI is InChI=1S/C14H14.3C8H10/c1-11-3-7-13(8-4-11)14-9-5-12(2)6-10-14;1-7-3-5-8(2)6-4-7;1-7-4-3-5-8(2)6-7;1-7-5-3-4-6-8(7)2/h3-10H,1-2H3;3*3-6H,1-2H3. The van der Waals surface area contributed by atoms with E-state index in [2.05, 4.69) is 177 Å². The predicted molar refractivity (Wildman–Crippen MR) is 169 cm³/mol. The molecule has 38 heavy (non-hydrogen) atoms. The minimum absolute atomic E-state index is 1.29. The number of hydrogen-bond acceptors (Lipinski definition) is 0. The van der Waals surface area contributed by atoms with Gasteiger partial charge in [-0.1, -0.05) is 155 Å². The lowest BCUT2D eigenvalue weighted by molar-refractivity contribution is 1.34. The normalized spacial score (nSPS) is 9.58. The van der Waals surface area contributed by atoms with E-state index in [9.17, 15) is 0 Å². The zero-order valence-electron chi connectivity index (χ0n) is 24.5. The first-order valence-corrected chi connectivity index (χ1v) is 13.4. The van der Waals surface area contributed by atoms with Gasteiger partial charge in [0.2, 0.25) is 0 Å². The van der Waals surface area contributed by atoms with Gasteiger partial charge in [-0.05, 0) is 77.6 Å². The highest BCUT2D eigenvalue weighted by Gasteiger charge is 1.95. The Morgan fingerprint density at radius 2 is 0.553 bits per heavy atom. The largest absolute Gasteiger partial charge is 0.0620 e. The van der Waals surface area contributed by atoms with Crippen molar-refractivity contribution >= 4 is 0 Å². The fourth-order valence-corrected chi connectivity index (χ4v) is 3.60. The van der Waals surface area contributed by atoms with Gasteiger partial charge in [0.1, 0.15) is 0 Å². The molecule has 0 aliphatic rings. The maximum absolute atomic E-state index is 2.17. The third-order valence-electron chi connectivity index (χ3n) is 6.25. The molecule has 0 N–H and O–H groups in total. The minimum Gasteiger partial charge on any atom is -0.0620 e. The third-order valence-corrected chi connectivity index (χ3v) is 6.25. The van der Waals surface area contributed by atoms with Crippen molar-refractivity contribution in [1.29, 1.82) is 0 Å². The summed E-state index contributed by atoms with van der Waals surface area (Å²) >= 11 is 0. The van der Waals surface area contributed by atoms with E-state index in [1.807, 2.05) is 0 Å². The molecule has 0 saturated carbocycles. The quantitative estimate of drug-likeness (QED) is 0.215. The van der Waals surface area contributed by atoms with E-state index < -0.39 is 0 Å². The molecule has 0 amide bonds. The lowest BCUT2D eigenvalue weighted by Crippen LogP contribution is -1.78. The van der Waals surface area contributed by atoms with Crippen LogP contribution >= 0.6 is 0 Å².